The van der Waals surface area contributed by atoms with Crippen molar-refractivity contribution in [1.29, 1.82) is 0 Å². The van der Waals surface area contributed by atoms with Gasteiger partial charge in [-0.3, -0.25) is 4.79 Å². The highest BCUT2D eigenvalue weighted by Crippen LogP contribution is 2.13. The van der Waals surface area contributed by atoms with Crippen LogP contribution in [0.3, 0.4) is 0 Å². The fourth-order valence-electron chi connectivity index (χ4n) is 1.98. The Kier molecular flexibility index (Phi) is 4.18. The third kappa shape index (κ3) is 3.30. The lowest BCUT2D eigenvalue weighted by Gasteiger charge is -2.33. The van der Waals surface area contributed by atoms with Gasteiger partial charge in [0.05, 0.1) is 25.7 Å². The third-order valence-corrected chi connectivity index (χ3v) is 3.49. The summed E-state index contributed by atoms with van der Waals surface area (Å²) in [7, 11) is 0. The highest BCUT2D eigenvalue weighted by molar-refractivity contribution is 9.10. The van der Waals surface area contributed by atoms with Gasteiger partial charge < -0.3 is 9.64 Å². The minimum atomic E-state index is 0.183. The molecule has 1 fully saturated rings. The fraction of sp³-hybridized carbons (Fsp3) is 0.462. The summed E-state index contributed by atoms with van der Waals surface area (Å²) in [6.07, 6.45) is 0.470. The number of nitrogens with zero attached hydrogens (tertiary/aromatic N) is 1. The number of morpholine rings is 1. The Morgan fingerprint density at radius 3 is 2.82 bits per heavy atom. The van der Waals surface area contributed by atoms with Crippen molar-refractivity contribution in [3.63, 3.8) is 0 Å². The molecular weight excluding hydrogens is 282 g/mol. The van der Waals surface area contributed by atoms with Crippen molar-refractivity contribution in [3.8, 4) is 0 Å². The molecule has 0 aliphatic carbocycles. The first kappa shape index (κ1) is 12.6. The molecule has 17 heavy (non-hydrogen) atoms. The van der Waals surface area contributed by atoms with E-state index in [4.69, 9.17) is 4.74 Å². The zero-order chi connectivity index (χ0) is 12.3. The van der Waals surface area contributed by atoms with Crippen molar-refractivity contribution < 1.29 is 9.53 Å². The Morgan fingerprint density at radius 1 is 1.47 bits per heavy atom. The number of carbonyl (C=O) groups excluding carboxylic acids is 1. The molecule has 0 N–H and O–H groups in total. The normalized spacial score (nSPS) is 20.4. The molecule has 1 saturated heterocycles. The van der Waals surface area contributed by atoms with Crippen LogP contribution in [0.15, 0.2) is 28.7 Å². The maximum absolute atomic E-state index is 12.1. The molecule has 1 aliphatic heterocycles. The molecule has 0 bridgehead atoms. The van der Waals surface area contributed by atoms with E-state index in [1.807, 2.05) is 36.1 Å². The molecule has 0 saturated carbocycles. The second-order valence-corrected chi connectivity index (χ2v) is 5.23. The Morgan fingerprint density at radius 2 is 2.18 bits per heavy atom. The van der Waals surface area contributed by atoms with Crippen LogP contribution in [-0.2, 0) is 16.0 Å². The summed E-state index contributed by atoms with van der Waals surface area (Å²) in [5.41, 5.74) is 1.05. The van der Waals surface area contributed by atoms with E-state index in [0.717, 1.165) is 10.0 Å². The van der Waals surface area contributed by atoms with Gasteiger partial charge in [0.25, 0.3) is 0 Å². The first-order valence-corrected chi connectivity index (χ1v) is 6.58. The number of rotatable bonds is 2. The molecule has 1 atom stereocenters. The zero-order valence-corrected chi connectivity index (χ0v) is 11.4. The van der Waals surface area contributed by atoms with Gasteiger partial charge in [-0.1, -0.05) is 28.1 Å². The van der Waals surface area contributed by atoms with Crippen molar-refractivity contribution in [2.45, 2.75) is 19.4 Å². The lowest BCUT2D eigenvalue weighted by Crippen LogP contribution is -2.47. The van der Waals surface area contributed by atoms with E-state index >= 15 is 0 Å². The summed E-state index contributed by atoms with van der Waals surface area (Å²) < 4.78 is 6.36. The Hall–Kier alpha value is -0.870. The first-order valence-electron chi connectivity index (χ1n) is 5.78. The van der Waals surface area contributed by atoms with E-state index in [-0.39, 0.29) is 11.9 Å². The SMILES string of the molecule is C[C@@H]1COCCN1C(=O)Cc1ccc(Br)cc1. The van der Waals surface area contributed by atoms with E-state index in [0.29, 0.717) is 26.2 Å². The average Bonchev–Trinajstić information content (AvgIpc) is 2.32. The lowest BCUT2D eigenvalue weighted by molar-refractivity contribution is -0.138. The molecule has 1 aromatic rings. The monoisotopic (exact) mass is 297 g/mol. The minimum absolute atomic E-state index is 0.183. The summed E-state index contributed by atoms with van der Waals surface area (Å²) in [6.45, 7) is 4.03. The fourth-order valence-corrected chi connectivity index (χ4v) is 2.24. The predicted octanol–water partition coefficient (Wildman–Crippen LogP) is 2.24. The topological polar surface area (TPSA) is 29.5 Å². The molecule has 0 radical (unpaired) electrons. The van der Waals surface area contributed by atoms with Gasteiger partial charge in [-0.05, 0) is 24.6 Å². The second-order valence-electron chi connectivity index (χ2n) is 4.31. The molecule has 0 aromatic heterocycles. The lowest BCUT2D eigenvalue weighted by atomic mass is 10.1. The summed E-state index contributed by atoms with van der Waals surface area (Å²) in [6, 6.07) is 8.07. The summed E-state index contributed by atoms with van der Waals surface area (Å²) >= 11 is 3.39. The van der Waals surface area contributed by atoms with Gasteiger partial charge in [0.2, 0.25) is 5.91 Å². The second kappa shape index (κ2) is 5.65. The van der Waals surface area contributed by atoms with Crippen LogP contribution < -0.4 is 0 Å². The van der Waals surface area contributed by atoms with Crippen LogP contribution in [0.5, 0.6) is 0 Å². The van der Waals surface area contributed by atoms with Crippen molar-refractivity contribution in [2.75, 3.05) is 19.8 Å². The summed E-state index contributed by atoms with van der Waals surface area (Å²) in [5, 5.41) is 0. The van der Waals surface area contributed by atoms with Gasteiger partial charge >= 0.3 is 0 Å². The molecule has 1 amide bonds. The Balaban J connectivity index is 1.98. The smallest absolute Gasteiger partial charge is 0.227 e. The van der Waals surface area contributed by atoms with Crippen molar-refractivity contribution >= 4 is 21.8 Å². The molecule has 1 aliphatic rings. The molecule has 0 spiro atoms. The van der Waals surface area contributed by atoms with E-state index in [2.05, 4.69) is 15.9 Å². The van der Waals surface area contributed by atoms with Gasteiger partial charge in [-0.15, -0.1) is 0 Å². The molecule has 2 rings (SSSR count). The highest BCUT2D eigenvalue weighted by Gasteiger charge is 2.23. The van der Waals surface area contributed by atoms with Crippen LogP contribution in [-0.4, -0.2) is 36.6 Å². The van der Waals surface area contributed by atoms with E-state index in [9.17, 15) is 4.79 Å². The van der Waals surface area contributed by atoms with Crippen LogP contribution >= 0.6 is 15.9 Å². The number of hydrogen-bond donors (Lipinski definition) is 0. The van der Waals surface area contributed by atoms with Gasteiger partial charge in [0.15, 0.2) is 0 Å². The van der Waals surface area contributed by atoms with Crippen LogP contribution in [0.2, 0.25) is 0 Å². The van der Waals surface area contributed by atoms with E-state index in [1.54, 1.807) is 0 Å². The molecule has 1 heterocycles. The highest BCUT2D eigenvalue weighted by atomic mass is 79.9. The van der Waals surface area contributed by atoms with Crippen molar-refractivity contribution in [3.05, 3.63) is 34.3 Å². The Labute approximate surface area is 110 Å². The van der Waals surface area contributed by atoms with Crippen LogP contribution in [0.4, 0.5) is 0 Å². The van der Waals surface area contributed by atoms with Crippen molar-refractivity contribution in [1.82, 2.24) is 4.90 Å². The number of carbonyl (C=O) groups is 1. The maximum Gasteiger partial charge on any atom is 0.227 e. The molecule has 1 aromatic carbocycles. The molecule has 3 nitrogen and oxygen atoms in total. The predicted molar refractivity (Wildman–Crippen MR) is 69.8 cm³/mol. The van der Waals surface area contributed by atoms with Crippen LogP contribution in [0.1, 0.15) is 12.5 Å². The van der Waals surface area contributed by atoms with Gasteiger partial charge in [0, 0.05) is 11.0 Å². The molecular formula is C13H16BrNO2. The zero-order valence-electron chi connectivity index (χ0n) is 9.86. The largest absolute Gasteiger partial charge is 0.377 e. The van der Waals surface area contributed by atoms with Crippen molar-refractivity contribution in [2.24, 2.45) is 0 Å². The third-order valence-electron chi connectivity index (χ3n) is 2.96. The van der Waals surface area contributed by atoms with E-state index in [1.165, 1.54) is 0 Å². The number of benzene rings is 1. The first-order chi connectivity index (χ1) is 8.16. The van der Waals surface area contributed by atoms with Gasteiger partial charge in [-0.25, -0.2) is 0 Å². The van der Waals surface area contributed by atoms with Crippen LogP contribution in [0, 0.1) is 0 Å². The number of halogens is 1. The van der Waals surface area contributed by atoms with Gasteiger partial charge in [0.1, 0.15) is 0 Å². The standard InChI is InChI=1S/C13H16BrNO2/c1-10-9-17-7-6-15(10)13(16)8-11-2-4-12(14)5-3-11/h2-5,10H,6-9H2,1H3/t10-/m1/s1. The van der Waals surface area contributed by atoms with E-state index < -0.39 is 0 Å². The maximum atomic E-state index is 12.1. The number of hydrogen-bond acceptors (Lipinski definition) is 2. The quantitative estimate of drug-likeness (QED) is 0.838. The number of ether oxygens (including phenoxy) is 1. The molecule has 4 heteroatoms. The number of amides is 1. The van der Waals surface area contributed by atoms with Crippen LogP contribution in [0.25, 0.3) is 0 Å². The minimum Gasteiger partial charge on any atom is -0.377 e. The Bertz CT molecular complexity index is 391. The molecule has 0 unspecified atom stereocenters. The van der Waals surface area contributed by atoms with Gasteiger partial charge in [-0.2, -0.15) is 0 Å². The molecule has 92 valence electrons. The summed E-state index contributed by atoms with van der Waals surface area (Å²) in [4.78, 5) is 14.0. The summed E-state index contributed by atoms with van der Waals surface area (Å²) in [5.74, 6) is 0.183. The average molecular weight is 298 g/mol.